The summed E-state index contributed by atoms with van der Waals surface area (Å²) >= 11 is 0. The number of benzene rings is 1. The maximum absolute atomic E-state index is 5.88. The highest BCUT2D eigenvalue weighted by Crippen LogP contribution is 2.18. The highest BCUT2D eigenvalue weighted by atomic mass is 16.5. The molecule has 1 aliphatic rings. The number of rotatable bonds is 6. The number of hydrogen-bond donors (Lipinski definition) is 1. The first-order valence-corrected chi connectivity index (χ1v) is 7.54. The van der Waals surface area contributed by atoms with Gasteiger partial charge in [-0.05, 0) is 43.7 Å². The van der Waals surface area contributed by atoms with Gasteiger partial charge in [0.25, 0.3) is 0 Å². The van der Waals surface area contributed by atoms with Gasteiger partial charge in [-0.25, -0.2) is 0 Å². The van der Waals surface area contributed by atoms with E-state index in [0.717, 1.165) is 31.1 Å². The Balaban J connectivity index is 1.78. The molecule has 0 bridgehead atoms. The Hall–Kier alpha value is -1.26. The molecule has 4 heteroatoms. The van der Waals surface area contributed by atoms with E-state index >= 15 is 0 Å². The van der Waals surface area contributed by atoms with Gasteiger partial charge in [-0.2, -0.15) is 0 Å². The molecule has 0 spiro atoms. The summed E-state index contributed by atoms with van der Waals surface area (Å²) in [6.45, 7) is 3.56. The quantitative estimate of drug-likeness (QED) is 0.867. The molecule has 4 nitrogen and oxygen atoms in total. The molecule has 1 fully saturated rings. The molecule has 1 saturated heterocycles. The fraction of sp³-hybridized carbons (Fsp3) is 0.625. The molecule has 0 aromatic heterocycles. The van der Waals surface area contributed by atoms with Gasteiger partial charge >= 0.3 is 0 Å². The summed E-state index contributed by atoms with van der Waals surface area (Å²) in [6.07, 6.45) is 5.13. The lowest BCUT2D eigenvalue weighted by atomic mass is 10.1. The molecular weight excluding hydrogens is 252 g/mol. The van der Waals surface area contributed by atoms with E-state index in [9.17, 15) is 0 Å². The number of hydrogen-bond acceptors (Lipinski definition) is 4. The summed E-state index contributed by atoms with van der Waals surface area (Å²) in [5, 5.41) is 0. The van der Waals surface area contributed by atoms with Crippen molar-refractivity contribution in [3.05, 3.63) is 24.3 Å². The molecule has 1 aliphatic heterocycles. The van der Waals surface area contributed by atoms with E-state index in [2.05, 4.69) is 4.90 Å². The van der Waals surface area contributed by atoms with E-state index in [-0.39, 0.29) is 0 Å². The number of nitrogens with two attached hydrogens (primary N) is 1. The fourth-order valence-electron chi connectivity index (χ4n) is 2.75. The maximum Gasteiger partial charge on any atom is 0.119 e. The molecule has 1 unspecified atom stereocenters. The Bertz CT molecular complexity index is 381. The van der Waals surface area contributed by atoms with Crippen molar-refractivity contribution in [3.63, 3.8) is 0 Å². The third-order valence-electron chi connectivity index (χ3n) is 3.98. The van der Waals surface area contributed by atoms with Gasteiger partial charge in [0.1, 0.15) is 18.1 Å². The number of nitrogens with zero attached hydrogens (tertiary/aromatic N) is 1. The minimum Gasteiger partial charge on any atom is -0.497 e. The lowest BCUT2D eigenvalue weighted by Gasteiger charge is -2.28. The van der Waals surface area contributed by atoms with Crippen LogP contribution < -0.4 is 15.2 Å². The van der Waals surface area contributed by atoms with Crippen LogP contribution >= 0.6 is 0 Å². The van der Waals surface area contributed by atoms with Crippen molar-refractivity contribution in [2.45, 2.75) is 31.7 Å². The predicted octanol–water partition coefficient (Wildman–Crippen LogP) is 2.28. The molecule has 0 radical (unpaired) electrons. The van der Waals surface area contributed by atoms with Gasteiger partial charge in [-0.15, -0.1) is 0 Å². The van der Waals surface area contributed by atoms with E-state index < -0.39 is 0 Å². The van der Waals surface area contributed by atoms with Crippen LogP contribution in [0.2, 0.25) is 0 Å². The minimum atomic E-state index is 0.525. The Morgan fingerprint density at radius 2 is 1.90 bits per heavy atom. The Morgan fingerprint density at radius 3 is 2.60 bits per heavy atom. The second-order valence-electron chi connectivity index (χ2n) is 5.30. The van der Waals surface area contributed by atoms with Crippen LogP contribution in [0.4, 0.5) is 0 Å². The predicted molar refractivity (Wildman–Crippen MR) is 81.4 cm³/mol. The van der Waals surface area contributed by atoms with Crippen molar-refractivity contribution in [1.29, 1.82) is 0 Å². The Morgan fingerprint density at radius 1 is 1.15 bits per heavy atom. The first-order chi connectivity index (χ1) is 9.83. The van der Waals surface area contributed by atoms with Crippen LogP contribution in [-0.4, -0.2) is 44.3 Å². The van der Waals surface area contributed by atoms with Crippen molar-refractivity contribution in [2.24, 2.45) is 5.73 Å². The Kier molecular flexibility index (Phi) is 6.15. The number of ether oxygens (including phenoxy) is 2. The fourth-order valence-corrected chi connectivity index (χ4v) is 2.75. The third kappa shape index (κ3) is 4.39. The van der Waals surface area contributed by atoms with Crippen LogP contribution in [0.25, 0.3) is 0 Å². The summed E-state index contributed by atoms with van der Waals surface area (Å²) in [7, 11) is 1.67. The van der Waals surface area contributed by atoms with Crippen molar-refractivity contribution in [1.82, 2.24) is 4.90 Å². The van der Waals surface area contributed by atoms with Gasteiger partial charge in [-0.3, -0.25) is 4.90 Å². The van der Waals surface area contributed by atoms with E-state index in [1.54, 1.807) is 7.11 Å². The molecule has 20 heavy (non-hydrogen) atoms. The highest BCUT2D eigenvalue weighted by Gasteiger charge is 2.19. The zero-order valence-corrected chi connectivity index (χ0v) is 12.4. The van der Waals surface area contributed by atoms with E-state index in [4.69, 9.17) is 15.2 Å². The van der Waals surface area contributed by atoms with Gasteiger partial charge < -0.3 is 15.2 Å². The Labute approximate surface area is 121 Å². The third-order valence-corrected chi connectivity index (χ3v) is 3.98. The van der Waals surface area contributed by atoms with Gasteiger partial charge in [0.15, 0.2) is 0 Å². The maximum atomic E-state index is 5.88. The molecule has 112 valence electrons. The average molecular weight is 278 g/mol. The van der Waals surface area contributed by atoms with Gasteiger partial charge in [0.05, 0.1) is 7.11 Å². The zero-order valence-electron chi connectivity index (χ0n) is 12.4. The molecular formula is C16H26N2O2. The summed E-state index contributed by atoms with van der Waals surface area (Å²) in [4.78, 5) is 2.48. The van der Waals surface area contributed by atoms with Gasteiger partial charge in [-0.1, -0.05) is 12.8 Å². The zero-order chi connectivity index (χ0) is 14.2. The average Bonchev–Trinajstić information content (AvgIpc) is 2.73. The van der Waals surface area contributed by atoms with Crippen LogP contribution in [0.3, 0.4) is 0 Å². The van der Waals surface area contributed by atoms with Crippen molar-refractivity contribution in [2.75, 3.05) is 33.4 Å². The van der Waals surface area contributed by atoms with Crippen LogP contribution in [0.1, 0.15) is 25.7 Å². The van der Waals surface area contributed by atoms with E-state index in [1.807, 2.05) is 24.3 Å². The lowest BCUT2D eigenvalue weighted by molar-refractivity contribution is 0.165. The van der Waals surface area contributed by atoms with Crippen LogP contribution in [0.15, 0.2) is 24.3 Å². The largest absolute Gasteiger partial charge is 0.497 e. The van der Waals surface area contributed by atoms with Crippen molar-refractivity contribution in [3.8, 4) is 11.5 Å². The topological polar surface area (TPSA) is 47.7 Å². The van der Waals surface area contributed by atoms with Crippen molar-refractivity contribution >= 4 is 0 Å². The lowest BCUT2D eigenvalue weighted by Crippen LogP contribution is -2.42. The molecule has 1 heterocycles. The smallest absolute Gasteiger partial charge is 0.119 e. The first kappa shape index (κ1) is 15.1. The van der Waals surface area contributed by atoms with Crippen LogP contribution in [-0.2, 0) is 0 Å². The molecule has 2 rings (SSSR count). The molecule has 0 saturated carbocycles. The van der Waals surface area contributed by atoms with E-state index in [0.29, 0.717) is 12.6 Å². The second kappa shape index (κ2) is 8.12. The van der Waals surface area contributed by atoms with Crippen molar-refractivity contribution < 1.29 is 9.47 Å². The first-order valence-electron chi connectivity index (χ1n) is 7.54. The summed E-state index contributed by atoms with van der Waals surface area (Å²) in [5.41, 5.74) is 5.88. The second-order valence-corrected chi connectivity index (χ2v) is 5.30. The highest BCUT2D eigenvalue weighted by molar-refractivity contribution is 5.31. The summed E-state index contributed by atoms with van der Waals surface area (Å²) < 4.78 is 10.9. The summed E-state index contributed by atoms with van der Waals surface area (Å²) in [5.74, 6) is 1.75. The molecule has 0 amide bonds. The van der Waals surface area contributed by atoms with Crippen LogP contribution in [0.5, 0.6) is 11.5 Å². The van der Waals surface area contributed by atoms with Gasteiger partial charge in [0, 0.05) is 19.1 Å². The monoisotopic (exact) mass is 278 g/mol. The number of methoxy groups -OCH3 is 1. The SMILES string of the molecule is COc1ccc(OCCN2CCCCCC2CN)cc1. The van der Waals surface area contributed by atoms with Gasteiger partial charge in [0.2, 0.25) is 0 Å². The normalized spacial score (nSPS) is 20.4. The molecule has 0 aliphatic carbocycles. The van der Waals surface area contributed by atoms with Crippen LogP contribution in [0, 0.1) is 0 Å². The summed E-state index contributed by atoms with van der Waals surface area (Å²) in [6, 6.07) is 8.26. The molecule has 1 aromatic rings. The number of likely N-dealkylation sites (tertiary alicyclic amines) is 1. The minimum absolute atomic E-state index is 0.525. The molecule has 2 N–H and O–H groups in total. The molecule has 1 aromatic carbocycles. The van der Waals surface area contributed by atoms with E-state index in [1.165, 1.54) is 25.7 Å². The molecule has 1 atom stereocenters. The standard InChI is InChI=1S/C16H26N2O2/c1-19-15-6-8-16(9-7-15)20-12-11-18-10-4-2-3-5-14(18)13-17/h6-9,14H,2-5,10-13,17H2,1H3.